The van der Waals surface area contributed by atoms with Crippen LogP contribution in [-0.4, -0.2) is 36.4 Å². The second kappa shape index (κ2) is 8.86. The molecule has 0 radical (unpaired) electrons. The largest absolute Gasteiger partial charge is 0.493 e. The first-order valence-corrected chi connectivity index (χ1v) is 9.55. The monoisotopic (exact) mass is 397 g/mol. The van der Waals surface area contributed by atoms with Crippen molar-refractivity contribution < 1.29 is 24.0 Å². The predicted molar refractivity (Wildman–Crippen MR) is 106 cm³/mol. The Morgan fingerprint density at radius 1 is 1.21 bits per heavy atom. The van der Waals surface area contributed by atoms with Crippen LogP contribution in [0.4, 0.5) is 0 Å². The number of fused-ring (bicyclic) bond motifs is 1. The average molecular weight is 397 g/mol. The summed E-state index contributed by atoms with van der Waals surface area (Å²) in [6, 6.07) is 12.0. The van der Waals surface area contributed by atoms with Crippen LogP contribution >= 0.6 is 0 Å². The number of aryl methyl sites for hydroxylation is 1. The number of hydrogen-bond acceptors (Lipinski definition) is 6. The number of ketones is 1. The van der Waals surface area contributed by atoms with Crippen molar-refractivity contribution in [3.8, 4) is 5.75 Å². The summed E-state index contributed by atoms with van der Waals surface area (Å²) >= 11 is 0. The quantitative estimate of drug-likeness (QED) is 0.223. The number of hydrogen-bond donors (Lipinski definition) is 0. The second-order valence-corrected chi connectivity index (χ2v) is 7.05. The zero-order valence-corrected chi connectivity index (χ0v) is 16.4. The van der Waals surface area contributed by atoms with Gasteiger partial charge in [0.15, 0.2) is 5.78 Å². The summed E-state index contributed by atoms with van der Waals surface area (Å²) in [5, 5.41) is 11.4. The van der Waals surface area contributed by atoms with Gasteiger partial charge in [-0.2, -0.15) is 0 Å². The van der Waals surface area contributed by atoms with Crippen molar-refractivity contribution >= 4 is 11.8 Å². The van der Waals surface area contributed by atoms with E-state index in [0.29, 0.717) is 23.5 Å². The Bertz CT molecular complexity index is 921. The van der Waals surface area contributed by atoms with E-state index in [1.807, 2.05) is 13.0 Å². The van der Waals surface area contributed by atoms with E-state index in [-0.39, 0.29) is 6.61 Å². The number of nitro groups is 1. The van der Waals surface area contributed by atoms with Crippen molar-refractivity contribution in [1.82, 2.24) is 0 Å². The van der Waals surface area contributed by atoms with Gasteiger partial charge < -0.3 is 9.47 Å². The first-order chi connectivity index (χ1) is 13.9. The van der Waals surface area contributed by atoms with Gasteiger partial charge in [0, 0.05) is 16.9 Å². The summed E-state index contributed by atoms with van der Waals surface area (Å²) in [4.78, 5) is 36.9. The van der Waals surface area contributed by atoms with Gasteiger partial charge in [0.05, 0.1) is 19.1 Å². The first-order valence-electron chi connectivity index (χ1n) is 9.55. The molecular weight excluding hydrogens is 374 g/mol. The Hall–Kier alpha value is -3.22. The molecule has 0 saturated carbocycles. The summed E-state index contributed by atoms with van der Waals surface area (Å²) in [5.41, 5.74) is 2.80. The van der Waals surface area contributed by atoms with Crippen molar-refractivity contribution in [1.29, 1.82) is 0 Å². The Kier molecular flexibility index (Phi) is 6.26. The minimum atomic E-state index is -1.32. The van der Waals surface area contributed by atoms with Crippen LogP contribution < -0.4 is 4.74 Å². The van der Waals surface area contributed by atoms with E-state index in [1.165, 1.54) is 0 Å². The molecule has 0 fully saturated rings. The minimum absolute atomic E-state index is 0.0784. The molecule has 29 heavy (non-hydrogen) atoms. The molecule has 0 N–H and O–H groups in total. The standard InChI is InChI=1S/C22H23NO6/c1-3-28-22(25)20(21(24)16-6-4-14(2)5-7-16)18(13-23(26)27)17-9-8-15-10-11-29-19(15)12-17/h4-9,12,18,20H,3,10-11,13H2,1-2H3. The van der Waals surface area contributed by atoms with Crippen molar-refractivity contribution in [2.75, 3.05) is 19.8 Å². The van der Waals surface area contributed by atoms with Gasteiger partial charge in [-0.25, -0.2) is 0 Å². The normalized spacial score (nSPS) is 14.4. The summed E-state index contributed by atoms with van der Waals surface area (Å²) in [5.74, 6) is -2.89. The van der Waals surface area contributed by atoms with Crippen molar-refractivity contribution in [3.63, 3.8) is 0 Å². The molecule has 2 atom stereocenters. The van der Waals surface area contributed by atoms with E-state index in [2.05, 4.69) is 0 Å². The second-order valence-electron chi connectivity index (χ2n) is 7.05. The highest BCUT2D eigenvalue weighted by Gasteiger charge is 2.40. The van der Waals surface area contributed by atoms with Crippen LogP contribution in [0.1, 0.15) is 39.9 Å². The lowest BCUT2D eigenvalue weighted by atomic mass is 9.80. The number of rotatable bonds is 8. The SMILES string of the molecule is CCOC(=O)C(C(=O)c1ccc(C)cc1)C(C[N+](=O)[O-])c1ccc2c(c1)OCC2. The van der Waals surface area contributed by atoms with Crippen LogP contribution in [0, 0.1) is 23.0 Å². The predicted octanol–water partition coefficient (Wildman–Crippen LogP) is 3.35. The van der Waals surface area contributed by atoms with Crippen LogP contribution in [0.2, 0.25) is 0 Å². The topological polar surface area (TPSA) is 95.7 Å². The number of nitrogens with zero attached hydrogens (tertiary/aromatic N) is 1. The fraction of sp³-hybridized carbons (Fsp3) is 0.364. The Morgan fingerprint density at radius 2 is 1.93 bits per heavy atom. The summed E-state index contributed by atoms with van der Waals surface area (Å²) < 4.78 is 10.7. The number of carbonyl (C=O) groups is 2. The Balaban J connectivity index is 2.05. The molecule has 0 aromatic heterocycles. The van der Waals surface area contributed by atoms with E-state index in [0.717, 1.165) is 17.5 Å². The maximum atomic E-state index is 13.2. The zero-order chi connectivity index (χ0) is 21.0. The minimum Gasteiger partial charge on any atom is -0.493 e. The highest BCUT2D eigenvalue weighted by Crippen LogP contribution is 2.34. The molecule has 7 nitrogen and oxygen atoms in total. The van der Waals surface area contributed by atoms with Crippen LogP contribution in [0.15, 0.2) is 42.5 Å². The van der Waals surface area contributed by atoms with Crippen LogP contribution in [-0.2, 0) is 16.0 Å². The molecule has 7 heteroatoms. The van der Waals surface area contributed by atoms with Gasteiger partial charge in [0.25, 0.3) is 0 Å². The lowest BCUT2D eigenvalue weighted by molar-refractivity contribution is -0.484. The third-order valence-electron chi connectivity index (χ3n) is 5.06. The third kappa shape index (κ3) is 4.62. The van der Waals surface area contributed by atoms with Gasteiger partial charge in [-0.3, -0.25) is 19.7 Å². The van der Waals surface area contributed by atoms with E-state index < -0.39 is 35.1 Å². The molecule has 3 rings (SSSR count). The Morgan fingerprint density at radius 3 is 2.59 bits per heavy atom. The molecule has 2 aromatic carbocycles. The van der Waals surface area contributed by atoms with Crippen molar-refractivity contribution in [2.24, 2.45) is 5.92 Å². The van der Waals surface area contributed by atoms with Gasteiger partial charge in [-0.05, 0) is 31.0 Å². The van der Waals surface area contributed by atoms with Crippen molar-refractivity contribution in [3.05, 3.63) is 74.8 Å². The molecule has 152 valence electrons. The highest BCUT2D eigenvalue weighted by atomic mass is 16.6. The fourth-order valence-electron chi connectivity index (χ4n) is 3.56. The maximum absolute atomic E-state index is 13.2. The molecule has 1 aliphatic rings. The molecule has 0 saturated heterocycles. The van der Waals surface area contributed by atoms with Gasteiger partial charge in [0.1, 0.15) is 11.7 Å². The Labute approximate surface area is 168 Å². The van der Waals surface area contributed by atoms with E-state index in [1.54, 1.807) is 43.3 Å². The third-order valence-corrected chi connectivity index (χ3v) is 5.06. The number of benzene rings is 2. The summed E-state index contributed by atoms with van der Waals surface area (Å²) in [7, 11) is 0. The summed E-state index contributed by atoms with van der Waals surface area (Å²) in [6.07, 6.45) is 0.763. The molecule has 0 spiro atoms. The van der Waals surface area contributed by atoms with E-state index >= 15 is 0 Å². The number of ether oxygens (including phenoxy) is 2. The lowest BCUT2D eigenvalue weighted by Crippen LogP contribution is -2.35. The van der Waals surface area contributed by atoms with Crippen LogP contribution in [0.3, 0.4) is 0 Å². The van der Waals surface area contributed by atoms with Gasteiger partial charge in [-0.1, -0.05) is 42.0 Å². The highest BCUT2D eigenvalue weighted by molar-refractivity contribution is 6.09. The molecular formula is C22H23NO6. The first kappa shape index (κ1) is 20.5. The number of Topliss-reactive ketones (excluding diaryl/α,β-unsaturated/α-hetero) is 1. The average Bonchev–Trinajstić information content (AvgIpc) is 3.15. The number of carbonyl (C=O) groups excluding carboxylic acids is 2. The summed E-state index contributed by atoms with van der Waals surface area (Å²) in [6.45, 7) is 3.57. The molecule has 2 aromatic rings. The van der Waals surface area contributed by atoms with E-state index in [9.17, 15) is 19.7 Å². The van der Waals surface area contributed by atoms with Crippen LogP contribution in [0.25, 0.3) is 0 Å². The molecule has 0 bridgehead atoms. The molecule has 2 unspecified atom stereocenters. The van der Waals surface area contributed by atoms with Crippen molar-refractivity contribution in [2.45, 2.75) is 26.2 Å². The smallest absolute Gasteiger partial charge is 0.317 e. The number of esters is 1. The molecule has 1 heterocycles. The molecule has 0 aliphatic carbocycles. The van der Waals surface area contributed by atoms with Gasteiger partial charge >= 0.3 is 5.97 Å². The maximum Gasteiger partial charge on any atom is 0.317 e. The molecule has 1 aliphatic heterocycles. The van der Waals surface area contributed by atoms with Gasteiger partial charge in [-0.15, -0.1) is 0 Å². The van der Waals surface area contributed by atoms with E-state index in [4.69, 9.17) is 9.47 Å². The van der Waals surface area contributed by atoms with Gasteiger partial charge in [0.2, 0.25) is 6.54 Å². The van der Waals surface area contributed by atoms with Crippen LogP contribution in [0.5, 0.6) is 5.75 Å². The lowest BCUT2D eigenvalue weighted by Gasteiger charge is -2.23. The fourth-order valence-corrected chi connectivity index (χ4v) is 3.56. The molecule has 0 amide bonds. The zero-order valence-electron chi connectivity index (χ0n) is 16.4.